The lowest BCUT2D eigenvalue weighted by Crippen LogP contribution is -2.29. The average molecular weight is 360 g/mol. The van der Waals surface area contributed by atoms with Gasteiger partial charge >= 0.3 is 23.9 Å². The molecular formula is C17H28O8. The van der Waals surface area contributed by atoms with E-state index >= 15 is 0 Å². The third-order valence-electron chi connectivity index (χ3n) is 2.75. The first-order valence-electron chi connectivity index (χ1n) is 8.32. The second kappa shape index (κ2) is 11.4. The predicted octanol–water partition coefficient (Wildman–Crippen LogP) is 1.92. The lowest BCUT2D eigenvalue weighted by molar-refractivity contribution is -0.170. The molecule has 0 aromatic rings. The molecule has 0 N–H and O–H groups in total. The maximum atomic E-state index is 11.6. The number of carbonyl (C=O) groups is 4. The number of ether oxygens (including phenoxy) is 4. The van der Waals surface area contributed by atoms with E-state index in [0.717, 1.165) is 0 Å². The average Bonchev–Trinajstić information content (AvgIpc) is 2.45. The van der Waals surface area contributed by atoms with Crippen LogP contribution in [0.25, 0.3) is 0 Å². The molecule has 0 aromatic heterocycles. The summed E-state index contributed by atoms with van der Waals surface area (Å²) in [5.74, 6) is -2.48. The van der Waals surface area contributed by atoms with Crippen molar-refractivity contribution in [2.75, 3.05) is 0 Å². The van der Waals surface area contributed by atoms with Gasteiger partial charge in [0.25, 0.3) is 0 Å². The monoisotopic (exact) mass is 360 g/mol. The van der Waals surface area contributed by atoms with Crippen LogP contribution in [0.3, 0.4) is 0 Å². The van der Waals surface area contributed by atoms with E-state index < -0.39 is 36.1 Å². The van der Waals surface area contributed by atoms with E-state index in [0.29, 0.717) is 0 Å². The molecule has 0 saturated carbocycles. The molecule has 0 saturated heterocycles. The number of carbonyl (C=O) groups excluding carboxylic acids is 4. The van der Waals surface area contributed by atoms with Gasteiger partial charge in [0.15, 0.2) is 12.2 Å². The minimum atomic E-state index is -1.01. The van der Waals surface area contributed by atoms with Crippen LogP contribution in [-0.4, -0.2) is 48.3 Å². The summed E-state index contributed by atoms with van der Waals surface area (Å²) in [5.41, 5.74) is 0. The fraction of sp³-hybridized carbons (Fsp3) is 0.765. The molecule has 0 rings (SSSR count). The van der Waals surface area contributed by atoms with Gasteiger partial charge in [-0.15, -0.1) is 0 Å². The Morgan fingerprint density at radius 3 is 1.20 bits per heavy atom. The fourth-order valence-electron chi connectivity index (χ4n) is 1.64. The molecule has 2 atom stereocenters. The molecule has 2 unspecified atom stereocenters. The Morgan fingerprint density at radius 2 is 0.920 bits per heavy atom. The highest BCUT2D eigenvalue weighted by molar-refractivity contribution is 5.80. The summed E-state index contributed by atoms with van der Waals surface area (Å²) in [5, 5.41) is 0. The van der Waals surface area contributed by atoms with Crippen molar-refractivity contribution in [1.29, 1.82) is 0 Å². The molecule has 0 heterocycles. The van der Waals surface area contributed by atoms with E-state index in [4.69, 9.17) is 18.9 Å². The van der Waals surface area contributed by atoms with Crippen LogP contribution in [0.2, 0.25) is 0 Å². The van der Waals surface area contributed by atoms with E-state index in [1.54, 1.807) is 27.7 Å². The van der Waals surface area contributed by atoms with Gasteiger partial charge in [-0.3, -0.25) is 9.59 Å². The van der Waals surface area contributed by atoms with E-state index in [1.807, 2.05) is 0 Å². The molecule has 0 aliphatic rings. The largest absolute Gasteiger partial charge is 0.460 e. The van der Waals surface area contributed by atoms with Gasteiger partial charge in [-0.1, -0.05) is 0 Å². The first-order chi connectivity index (χ1) is 11.5. The minimum absolute atomic E-state index is 0.0563. The van der Waals surface area contributed by atoms with Crippen LogP contribution in [0.4, 0.5) is 0 Å². The molecule has 0 radical (unpaired) electrons. The fourth-order valence-corrected chi connectivity index (χ4v) is 1.64. The molecule has 0 amide bonds. The van der Waals surface area contributed by atoms with Crippen molar-refractivity contribution in [3.63, 3.8) is 0 Å². The van der Waals surface area contributed by atoms with Crippen molar-refractivity contribution in [3.8, 4) is 0 Å². The Kier molecular flexibility index (Phi) is 10.5. The molecule has 25 heavy (non-hydrogen) atoms. The van der Waals surface area contributed by atoms with Gasteiger partial charge in [0.2, 0.25) is 0 Å². The van der Waals surface area contributed by atoms with E-state index in [-0.39, 0.29) is 31.5 Å². The Bertz CT molecular complexity index is 427. The predicted molar refractivity (Wildman–Crippen MR) is 87.4 cm³/mol. The van der Waals surface area contributed by atoms with Crippen molar-refractivity contribution in [2.24, 2.45) is 0 Å². The second-order valence-electron chi connectivity index (χ2n) is 6.09. The zero-order valence-electron chi connectivity index (χ0n) is 15.7. The number of esters is 4. The lowest BCUT2D eigenvalue weighted by atomic mass is 10.2. The summed E-state index contributed by atoms with van der Waals surface area (Å²) in [7, 11) is 0. The Hall–Kier alpha value is -2.12. The molecule has 0 aliphatic carbocycles. The molecule has 0 spiro atoms. The maximum absolute atomic E-state index is 11.6. The number of rotatable bonds is 10. The van der Waals surface area contributed by atoms with Crippen LogP contribution in [0.5, 0.6) is 0 Å². The normalized spacial score (nSPS) is 13.1. The van der Waals surface area contributed by atoms with Crippen LogP contribution in [-0.2, 0) is 38.1 Å². The van der Waals surface area contributed by atoms with Crippen LogP contribution in [0.15, 0.2) is 0 Å². The zero-order chi connectivity index (χ0) is 19.6. The summed E-state index contributed by atoms with van der Waals surface area (Å²) < 4.78 is 19.7. The lowest BCUT2D eigenvalue weighted by Gasteiger charge is -2.15. The van der Waals surface area contributed by atoms with Gasteiger partial charge in [-0.25, -0.2) is 9.59 Å². The number of hydrogen-bond acceptors (Lipinski definition) is 8. The quantitative estimate of drug-likeness (QED) is 0.430. The van der Waals surface area contributed by atoms with Gasteiger partial charge in [0, 0.05) is 12.8 Å². The van der Waals surface area contributed by atoms with Crippen molar-refractivity contribution < 1.29 is 38.1 Å². The minimum Gasteiger partial charge on any atom is -0.460 e. The summed E-state index contributed by atoms with van der Waals surface area (Å²) in [6.45, 7) is 9.59. The van der Waals surface area contributed by atoms with Gasteiger partial charge in [0.05, 0.1) is 12.2 Å². The second-order valence-corrected chi connectivity index (χ2v) is 6.09. The van der Waals surface area contributed by atoms with Crippen LogP contribution >= 0.6 is 0 Å². The third kappa shape index (κ3) is 11.1. The highest BCUT2D eigenvalue weighted by Gasteiger charge is 2.22. The third-order valence-corrected chi connectivity index (χ3v) is 2.75. The molecular weight excluding hydrogens is 332 g/mol. The van der Waals surface area contributed by atoms with Gasteiger partial charge < -0.3 is 18.9 Å². The van der Waals surface area contributed by atoms with Gasteiger partial charge in [0.1, 0.15) is 0 Å². The van der Waals surface area contributed by atoms with E-state index in [2.05, 4.69) is 0 Å². The molecule has 8 heteroatoms. The Labute approximate surface area is 148 Å². The molecule has 0 fully saturated rings. The maximum Gasteiger partial charge on any atom is 0.347 e. The Balaban J connectivity index is 4.05. The van der Waals surface area contributed by atoms with E-state index in [1.165, 1.54) is 13.8 Å². The zero-order valence-corrected chi connectivity index (χ0v) is 15.7. The molecule has 0 aromatic carbocycles. The Morgan fingerprint density at radius 1 is 0.600 bits per heavy atom. The standard InChI is InChI=1S/C17H28O8/c1-10(2)22-16(20)12(5)24-14(18)8-7-9-15(19)25-13(6)17(21)23-11(3)4/h10-13H,7-9H2,1-6H3. The SMILES string of the molecule is CC(C)OC(=O)C(C)OC(=O)CCCC(=O)OC(C)C(=O)OC(C)C. The van der Waals surface area contributed by atoms with Crippen molar-refractivity contribution in [2.45, 2.75) is 85.2 Å². The van der Waals surface area contributed by atoms with Crippen LogP contribution < -0.4 is 0 Å². The molecule has 8 nitrogen and oxygen atoms in total. The topological polar surface area (TPSA) is 105 Å². The summed E-state index contributed by atoms with van der Waals surface area (Å²) >= 11 is 0. The van der Waals surface area contributed by atoms with Crippen molar-refractivity contribution in [3.05, 3.63) is 0 Å². The first-order valence-corrected chi connectivity index (χ1v) is 8.32. The highest BCUT2D eigenvalue weighted by Crippen LogP contribution is 2.06. The van der Waals surface area contributed by atoms with Crippen molar-refractivity contribution >= 4 is 23.9 Å². The van der Waals surface area contributed by atoms with Crippen molar-refractivity contribution in [1.82, 2.24) is 0 Å². The summed E-state index contributed by atoms with van der Waals surface area (Å²) in [4.78, 5) is 46.3. The van der Waals surface area contributed by atoms with Crippen LogP contribution in [0, 0.1) is 0 Å². The summed E-state index contributed by atoms with van der Waals surface area (Å²) in [6.07, 6.45) is -2.55. The molecule has 0 aliphatic heterocycles. The first kappa shape index (κ1) is 22.9. The molecule has 0 bridgehead atoms. The highest BCUT2D eigenvalue weighted by atomic mass is 16.6. The van der Waals surface area contributed by atoms with Crippen LogP contribution in [0.1, 0.15) is 60.8 Å². The van der Waals surface area contributed by atoms with E-state index in [9.17, 15) is 19.2 Å². The van der Waals surface area contributed by atoms with Gasteiger partial charge in [-0.2, -0.15) is 0 Å². The summed E-state index contributed by atoms with van der Waals surface area (Å²) in [6, 6.07) is 0. The molecule has 144 valence electrons. The van der Waals surface area contributed by atoms with Gasteiger partial charge in [-0.05, 0) is 48.0 Å². The number of hydrogen-bond donors (Lipinski definition) is 0. The smallest absolute Gasteiger partial charge is 0.347 e.